The number of ether oxygens (including phenoxy) is 1. The average Bonchev–Trinajstić information content (AvgIpc) is 1.63. The standard InChI is InChI=1S/C26H21N9O.C25H20N10.C25H20N8O2S.C25H18N8O2/c1-35(2)26(36)30-18-8-17(11-28-12-18)15-5-6-21-19(9-15)24(34-33-21)25-31-22-14-29-13-20(23(22)32-25)16-4-3-7-27-10-16;1-27-25(26)31-17-7-16(10-29-11-17)14-4-5-20-18(8-14)23(35-34-20)24-32-21-13-30-12-19(22(21)33-24)15-3-2-6-28-9-15;1-2-36(34,35)33-18-8-17(11-27-12-18)15-5-6-21-19(9-15)24(32-31-21)25-29-22-14-28-13-20(23(22)30-25)16-4-3-7-26-10-16;1-35-25(34)29-17-7-16(10-27-11-17)14-4-5-20-18(8-14)23(33-32-20)24-30-21-13-28-12-19(22(21)31-24)15-3-2-6-26-9-15/h3-14H,1-2H3,(H,30,36)(H,31,32)(H,33,34);2-13H,1H3,(H,32,33)(H,34,35)(H3,26,27,31);3-14,33H,2H2,1H3,(H,29,30)(H,31,32);2-13H,1H3,(H,29,34)(H,30,31)(H,32,33). The highest BCUT2D eigenvalue weighted by Crippen LogP contribution is 2.40. The van der Waals surface area contributed by atoms with Gasteiger partial charge in [0.1, 0.15) is 44.8 Å². The number of aromatic nitrogens is 28. The molecule has 0 saturated carbocycles. The number of anilines is 4. The molecular formula is C101H79N35O5S. The summed E-state index contributed by atoms with van der Waals surface area (Å²) in [4.78, 5) is 113. The number of sulfonamides is 1. The van der Waals surface area contributed by atoms with Crippen molar-refractivity contribution >= 4 is 139 Å². The molecule has 0 atom stereocenters. The Morgan fingerprint density at radius 3 is 0.923 bits per heavy atom. The number of carbonyl (C=O) groups excluding carboxylic acids is 2. The summed E-state index contributed by atoms with van der Waals surface area (Å²) in [7, 11) is 2.92. The lowest BCUT2D eigenvalue weighted by molar-refractivity contribution is 0.187. The smallest absolute Gasteiger partial charge is 0.411 e. The Morgan fingerprint density at radius 2 is 0.634 bits per heavy atom. The fourth-order valence-corrected chi connectivity index (χ4v) is 16.7. The molecule has 0 bridgehead atoms. The second-order valence-corrected chi connectivity index (χ2v) is 34.5. The van der Waals surface area contributed by atoms with Crippen molar-refractivity contribution in [1.82, 2.24) is 145 Å². The molecule has 0 fully saturated rings. The van der Waals surface area contributed by atoms with Crippen molar-refractivity contribution in [2.24, 2.45) is 10.7 Å². The third-order valence-electron chi connectivity index (χ3n) is 23.2. The van der Waals surface area contributed by atoms with E-state index in [4.69, 9.17) is 25.7 Å². The minimum atomic E-state index is -3.40. The third kappa shape index (κ3) is 18.4. The van der Waals surface area contributed by atoms with Crippen LogP contribution in [0.15, 0.2) is 299 Å². The van der Waals surface area contributed by atoms with Crippen LogP contribution in [-0.2, 0) is 14.8 Å². The fraction of sp³-hybridized carbons (Fsp3) is 0.0594. The molecule has 20 aromatic heterocycles. The molecule has 0 spiro atoms. The number of amides is 3. The van der Waals surface area contributed by atoms with Gasteiger partial charge in [-0.05, 0) is 126 Å². The summed E-state index contributed by atoms with van der Waals surface area (Å²) in [6, 6.07) is 46.6. The Balaban J connectivity index is 0.000000112. The highest BCUT2D eigenvalue weighted by molar-refractivity contribution is 7.92. The molecule has 0 aliphatic carbocycles. The number of nitrogens with two attached hydrogens (primary N) is 1. The second kappa shape index (κ2) is 38.4. The summed E-state index contributed by atoms with van der Waals surface area (Å²) in [5.74, 6) is 2.83. The minimum absolute atomic E-state index is 0.0168. The van der Waals surface area contributed by atoms with Gasteiger partial charge in [-0.25, -0.2) is 37.9 Å². The molecule has 0 aliphatic rings. The van der Waals surface area contributed by atoms with E-state index in [-0.39, 0.29) is 11.8 Å². The van der Waals surface area contributed by atoms with Crippen molar-refractivity contribution in [2.45, 2.75) is 6.92 Å². The lowest BCUT2D eigenvalue weighted by atomic mass is 10.0. The van der Waals surface area contributed by atoms with Gasteiger partial charge in [-0.2, -0.15) is 20.4 Å². The fourth-order valence-electron chi connectivity index (χ4n) is 16.1. The number of guanidine groups is 1. The van der Waals surface area contributed by atoms with Crippen LogP contribution in [0.5, 0.6) is 0 Å². The van der Waals surface area contributed by atoms with E-state index in [2.05, 4.69) is 157 Å². The zero-order valence-corrected chi connectivity index (χ0v) is 76.6. The van der Waals surface area contributed by atoms with Gasteiger partial charge >= 0.3 is 12.1 Å². The zero-order valence-electron chi connectivity index (χ0n) is 75.8. The van der Waals surface area contributed by atoms with Crippen LogP contribution in [0.3, 0.4) is 0 Å². The topological polar surface area (TPSA) is 551 Å². The number of nitrogens with one attached hydrogen (secondary N) is 12. The van der Waals surface area contributed by atoms with Crippen molar-refractivity contribution in [2.75, 3.05) is 54.7 Å². The van der Waals surface area contributed by atoms with E-state index < -0.39 is 16.1 Å². The van der Waals surface area contributed by atoms with Crippen LogP contribution in [0, 0.1) is 0 Å². The third-order valence-corrected chi connectivity index (χ3v) is 24.5. The van der Waals surface area contributed by atoms with E-state index in [0.29, 0.717) is 63.4 Å². The number of rotatable bonds is 18. The molecule has 24 aromatic rings. The number of carbonyl (C=O) groups is 2. The van der Waals surface area contributed by atoms with Crippen LogP contribution in [0.1, 0.15) is 6.92 Å². The molecule has 0 saturated heterocycles. The highest BCUT2D eigenvalue weighted by atomic mass is 32.2. The number of imidazole rings is 4. The quantitative estimate of drug-likeness (QED) is 0.0280. The van der Waals surface area contributed by atoms with E-state index >= 15 is 0 Å². The van der Waals surface area contributed by atoms with Gasteiger partial charge in [0, 0.05) is 209 Å². The van der Waals surface area contributed by atoms with Gasteiger partial charge in [0.25, 0.3) is 0 Å². The number of nitrogens with zero attached hydrogens (tertiary/aromatic N) is 22. The molecule has 142 heavy (non-hydrogen) atoms. The number of urea groups is 1. The van der Waals surface area contributed by atoms with Gasteiger partial charge in [0.05, 0.1) is 129 Å². The summed E-state index contributed by atoms with van der Waals surface area (Å²) >= 11 is 0. The van der Waals surface area contributed by atoms with Crippen LogP contribution < -0.4 is 26.4 Å². The normalized spacial score (nSPS) is 11.5. The Labute approximate surface area is 803 Å². The molecule has 0 unspecified atom stereocenters. The van der Waals surface area contributed by atoms with Crippen molar-refractivity contribution in [1.29, 1.82) is 0 Å². The Morgan fingerprint density at radius 1 is 0.345 bits per heavy atom. The van der Waals surface area contributed by atoms with Gasteiger partial charge in [-0.1, -0.05) is 48.5 Å². The maximum Gasteiger partial charge on any atom is 0.411 e. The van der Waals surface area contributed by atoms with Crippen molar-refractivity contribution in [3.63, 3.8) is 0 Å². The molecule has 24 rings (SSSR count). The molecule has 20 heterocycles. The Bertz CT molecular complexity index is 9010. The van der Waals surface area contributed by atoms with Gasteiger partial charge < -0.3 is 45.9 Å². The second-order valence-electron chi connectivity index (χ2n) is 32.5. The molecule has 0 aliphatic heterocycles. The molecule has 0 radical (unpaired) electrons. The summed E-state index contributed by atoms with van der Waals surface area (Å²) in [6.07, 6.45) is 41.1. The monoisotopic (exact) mass is 1890 g/mol. The van der Waals surface area contributed by atoms with Gasteiger partial charge in [-0.3, -0.25) is 95.2 Å². The van der Waals surface area contributed by atoms with Crippen LogP contribution in [0.25, 0.3) is 223 Å². The van der Waals surface area contributed by atoms with Crippen LogP contribution in [0.4, 0.5) is 32.3 Å². The zero-order chi connectivity index (χ0) is 96.9. The predicted molar refractivity (Wildman–Crippen MR) is 545 cm³/mol. The molecule has 694 valence electrons. The number of H-pyrrole nitrogens is 8. The average molecular weight is 1900 g/mol. The number of aromatic amines is 8. The molecule has 40 nitrogen and oxygen atoms in total. The molecule has 4 aromatic carbocycles. The Hall–Kier alpha value is -20.0. The molecule has 14 N–H and O–H groups in total. The first-order valence-corrected chi connectivity index (χ1v) is 45.7. The first-order valence-electron chi connectivity index (χ1n) is 44.0. The number of benzene rings is 4. The largest absolute Gasteiger partial charge is 0.453 e. The molecule has 3 amide bonds. The van der Waals surface area contributed by atoms with E-state index in [1.54, 1.807) is 177 Å². The maximum absolute atomic E-state index is 12.0. The lowest BCUT2D eigenvalue weighted by Crippen LogP contribution is -2.27. The number of hydrogen-bond acceptors (Lipinski definition) is 26. The number of fused-ring (bicyclic) bond motifs is 8. The number of aliphatic imine (C=N–C) groups is 1. The maximum atomic E-state index is 12.0. The predicted octanol–water partition coefficient (Wildman–Crippen LogP) is 17.9. The van der Waals surface area contributed by atoms with Crippen LogP contribution in [0.2, 0.25) is 0 Å². The van der Waals surface area contributed by atoms with Crippen molar-refractivity contribution < 1.29 is 22.7 Å². The first-order chi connectivity index (χ1) is 69.4. The van der Waals surface area contributed by atoms with Crippen LogP contribution in [-0.4, -0.2) is 206 Å². The Kier molecular flexibility index (Phi) is 24.0. The van der Waals surface area contributed by atoms with Crippen molar-refractivity contribution in [3.8, 4) is 135 Å². The van der Waals surface area contributed by atoms with E-state index in [0.717, 1.165) is 188 Å². The van der Waals surface area contributed by atoms with Gasteiger partial charge in [0.15, 0.2) is 29.3 Å². The summed E-state index contributed by atoms with van der Waals surface area (Å²) in [6.45, 7) is 1.59. The summed E-state index contributed by atoms with van der Waals surface area (Å²) < 4.78 is 31.2. The summed E-state index contributed by atoms with van der Waals surface area (Å²) in [5.41, 5.74) is 35.2. The molecule has 41 heteroatoms. The first kappa shape index (κ1) is 88.6. The summed E-state index contributed by atoms with van der Waals surface area (Å²) in [5, 5.41) is 42.6. The van der Waals surface area contributed by atoms with E-state index in [1.807, 2.05) is 133 Å². The van der Waals surface area contributed by atoms with Crippen molar-refractivity contribution in [3.05, 3.63) is 294 Å². The molecular weight excluding hydrogens is 1820 g/mol. The number of methoxy groups -OCH3 is 1. The lowest BCUT2D eigenvalue weighted by Gasteiger charge is -2.12. The van der Waals surface area contributed by atoms with E-state index in [9.17, 15) is 18.0 Å². The minimum Gasteiger partial charge on any atom is -0.453 e. The van der Waals surface area contributed by atoms with Crippen LogP contribution >= 0.6 is 0 Å². The number of pyridine rings is 12. The number of hydrogen-bond donors (Lipinski definition) is 13. The van der Waals surface area contributed by atoms with Gasteiger partial charge in [-0.15, -0.1) is 0 Å². The van der Waals surface area contributed by atoms with E-state index in [1.165, 1.54) is 18.2 Å². The van der Waals surface area contributed by atoms with Gasteiger partial charge in [0.2, 0.25) is 10.0 Å². The SMILES string of the molecule is CCS(=O)(=O)Nc1cncc(-c2ccc3[nH]nc(-c4nc5c(-c6cccnc6)cncc5[nH]4)c3c2)c1.CN(C)C(=O)Nc1cncc(-c2ccc3[nH]nc(-c4nc5c(-c6cccnc6)cncc5[nH]4)c3c2)c1.CN=C(N)Nc1cncc(-c2ccc3[nH]nc(-c4nc5c(-c6cccnc6)cncc5[nH]4)c3c2)c1.COC(=O)Nc1cncc(-c2ccc3[nH]nc(-c4nc5c(-c6cccnc6)cncc5[nH]4)c3c2)c1. The highest BCUT2D eigenvalue weighted by Gasteiger charge is 2.24.